The SMILES string of the molecule is COc1ccc(NC(=O)CCN(C)C(C)C(C)C)c(N)c1. The van der Waals surface area contributed by atoms with E-state index in [4.69, 9.17) is 10.5 Å². The summed E-state index contributed by atoms with van der Waals surface area (Å²) < 4.78 is 5.08. The molecule has 1 atom stereocenters. The molecule has 1 aromatic carbocycles. The minimum absolute atomic E-state index is 0.0327. The topological polar surface area (TPSA) is 67.6 Å². The number of rotatable bonds is 7. The molecular formula is C16H27N3O2. The van der Waals surface area contributed by atoms with Gasteiger partial charge in [-0.05, 0) is 32.0 Å². The fourth-order valence-electron chi connectivity index (χ4n) is 1.98. The first-order valence-corrected chi connectivity index (χ1v) is 7.28. The van der Waals surface area contributed by atoms with E-state index in [1.54, 1.807) is 25.3 Å². The van der Waals surface area contributed by atoms with Crippen LogP contribution in [-0.2, 0) is 4.79 Å². The van der Waals surface area contributed by atoms with Crippen LogP contribution in [0.3, 0.4) is 0 Å². The zero-order chi connectivity index (χ0) is 16.0. The average molecular weight is 293 g/mol. The Morgan fingerprint density at radius 2 is 2.05 bits per heavy atom. The second-order valence-electron chi connectivity index (χ2n) is 5.72. The Kier molecular flexibility index (Phi) is 6.49. The minimum atomic E-state index is -0.0327. The van der Waals surface area contributed by atoms with Crippen LogP contribution in [0.1, 0.15) is 27.2 Å². The molecule has 0 fully saturated rings. The van der Waals surface area contributed by atoms with Crippen LogP contribution in [0.25, 0.3) is 0 Å². The number of hydrogen-bond donors (Lipinski definition) is 2. The molecule has 1 aromatic rings. The van der Waals surface area contributed by atoms with Crippen LogP contribution >= 0.6 is 0 Å². The molecule has 5 heteroatoms. The summed E-state index contributed by atoms with van der Waals surface area (Å²) in [5.74, 6) is 1.21. The molecule has 0 saturated carbocycles. The highest BCUT2D eigenvalue weighted by atomic mass is 16.5. The standard InChI is InChI=1S/C16H27N3O2/c1-11(2)12(3)19(4)9-8-16(20)18-15-7-6-13(21-5)10-14(15)17/h6-7,10-12H,8-9,17H2,1-5H3,(H,18,20). The van der Waals surface area contributed by atoms with Gasteiger partial charge in [0.05, 0.1) is 18.5 Å². The van der Waals surface area contributed by atoms with Gasteiger partial charge in [0.15, 0.2) is 0 Å². The van der Waals surface area contributed by atoms with Gasteiger partial charge in [0, 0.05) is 25.1 Å². The zero-order valence-electron chi connectivity index (χ0n) is 13.6. The van der Waals surface area contributed by atoms with Gasteiger partial charge in [0.1, 0.15) is 5.75 Å². The molecule has 1 unspecified atom stereocenters. The second kappa shape index (κ2) is 7.88. The minimum Gasteiger partial charge on any atom is -0.497 e. The van der Waals surface area contributed by atoms with Crippen molar-refractivity contribution in [3.8, 4) is 5.75 Å². The molecule has 0 radical (unpaired) electrons. The van der Waals surface area contributed by atoms with Gasteiger partial charge in [-0.3, -0.25) is 4.79 Å². The molecular weight excluding hydrogens is 266 g/mol. The van der Waals surface area contributed by atoms with Gasteiger partial charge in [-0.2, -0.15) is 0 Å². The van der Waals surface area contributed by atoms with E-state index in [1.165, 1.54) is 0 Å². The monoisotopic (exact) mass is 293 g/mol. The fraction of sp³-hybridized carbons (Fsp3) is 0.562. The van der Waals surface area contributed by atoms with Gasteiger partial charge < -0.3 is 20.7 Å². The number of ether oxygens (including phenoxy) is 1. The van der Waals surface area contributed by atoms with Crippen molar-refractivity contribution in [2.24, 2.45) is 5.92 Å². The largest absolute Gasteiger partial charge is 0.497 e. The van der Waals surface area contributed by atoms with Crippen LogP contribution in [0, 0.1) is 5.92 Å². The molecule has 5 nitrogen and oxygen atoms in total. The number of carbonyl (C=O) groups excluding carboxylic acids is 1. The van der Waals surface area contributed by atoms with Crippen molar-refractivity contribution in [1.29, 1.82) is 0 Å². The Hall–Kier alpha value is -1.75. The number of anilines is 2. The summed E-state index contributed by atoms with van der Waals surface area (Å²) in [6.07, 6.45) is 0.443. The number of benzene rings is 1. The molecule has 0 bridgehead atoms. The maximum absolute atomic E-state index is 12.0. The molecule has 0 saturated heterocycles. The maximum Gasteiger partial charge on any atom is 0.225 e. The number of hydrogen-bond acceptors (Lipinski definition) is 4. The van der Waals surface area contributed by atoms with Gasteiger partial charge in [0.25, 0.3) is 0 Å². The quantitative estimate of drug-likeness (QED) is 0.758. The van der Waals surface area contributed by atoms with Crippen LogP contribution in [0.2, 0.25) is 0 Å². The van der Waals surface area contributed by atoms with E-state index >= 15 is 0 Å². The van der Waals surface area contributed by atoms with Crippen LogP contribution in [0.5, 0.6) is 5.75 Å². The molecule has 0 aliphatic rings. The summed E-state index contributed by atoms with van der Waals surface area (Å²) in [5.41, 5.74) is 7.02. The van der Waals surface area contributed by atoms with E-state index in [1.807, 2.05) is 7.05 Å². The molecule has 1 rings (SSSR count). The van der Waals surface area contributed by atoms with E-state index in [0.29, 0.717) is 35.5 Å². The van der Waals surface area contributed by atoms with E-state index in [9.17, 15) is 4.79 Å². The van der Waals surface area contributed by atoms with Crippen molar-refractivity contribution >= 4 is 17.3 Å². The molecule has 118 valence electrons. The average Bonchev–Trinajstić information content (AvgIpc) is 2.45. The third kappa shape index (κ3) is 5.27. The summed E-state index contributed by atoms with van der Waals surface area (Å²) in [5, 5.41) is 2.84. The van der Waals surface area contributed by atoms with Crippen LogP contribution in [0.15, 0.2) is 18.2 Å². The summed E-state index contributed by atoms with van der Waals surface area (Å²) in [6.45, 7) is 7.25. The molecule has 0 aromatic heterocycles. The predicted octanol–water partition coefficient (Wildman–Crippen LogP) is 2.58. The smallest absolute Gasteiger partial charge is 0.225 e. The fourth-order valence-corrected chi connectivity index (χ4v) is 1.98. The number of nitrogens with one attached hydrogen (secondary N) is 1. The van der Waals surface area contributed by atoms with Crippen LogP contribution < -0.4 is 15.8 Å². The predicted molar refractivity (Wildman–Crippen MR) is 87.6 cm³/mol. The van der Waals surface area contributed by atoms with Crippen molar-refractivity contribution in [1.82, 2.24) is 4.90 Å². The Morgan fingerprint density at radius 3 is 2.57 bits per heavy atom. The highest BCUT2D eigenvalue weighted by Crippen LogP contribution is 2.24. The summed E-state index contributed by atoms with van der Waals surface area (Å²) >= 11 is 0. The Labute approximate surface area is 127 Å². The molecule has 3 N–H and O–H groups in total. The number of amides is 1. The maximum atomic E-state index is 12.0. The highest BCUT2D eigenvalue weighted by molar-refractivity contribution is 5.94. The van der Waals surface area contributed by atoms with Gasteiger partial charge in [-0.15, -0.1) is 0 Å². The molecule has 1 amide bonds. The van der Waals surface area contributed by atoms with Gasteiger partial charge >= 0.3 is 0 Å². The summed E-state index contributed by atoms with van der Waals surface area (Å²) in [7, 11) is 3.62. The van der Waals surface area contributed by atoms with E-state index < -0.39 is 0 Å². The Morgan fingerprint density at radius 1 is 1.38 bits per heavy atom. The number of nitrogen functional groups attached to an aromatic ring is 1. The lowest BCUT2D eigenvalue weighted by molar-refractivity contribution is -0.116. The van der Waals surface area contributed by atoms with Crippen LogP contribution in [-0.4, -0.2) is 37.6 Å². The van der Waals surface area contributed by atoms with Gasteiger partial charge in [-0.1, -0.05) is 13.8 Å². The summed E-state index contributed by atoms with van der Waals surface area (Å²) in [6, 6.07) is 5.68. The first-order valence-electron chi connectivity index (χ1n) is 7.28. The summed E-state index contributed by atoms with van der Waals surface area (Å²) in [4.78, 5) is 14.2. The van der Waals surface area contributed by atoms with Crippen molar-refractivity contribution in [2.45, 2.75) is 33.2 Å². The van der Waals surface area contributed by atoms with Crippen molar-refractivity contribution < 1.29 is 9.53 Å². The normalized spacial score (nSPS) is 12.5. The van der Waals surface area contributed by atoms with E-state index in [0.717, 1.165) is 6.54 Å². The number of nitrogens with zero attached hydrogens (tertiary/aromatic N) is 1. The lowest BCUT2D eigenvalue weighted by Gasteiger charge is -2.27. The van der Waals surface area contributed by atoms with Gasteiger partial charge in [-0.25, -0.2) is 0 Å². The molecule has 0 spiro atoms. The highest BCUT2D eigenvalue weighted by Gasteiger charge is 2.14. The Bertz CT molecular complexity index is 475. The van der Waals surface area contributed by atoms with Crippen LogP contribution in [0.4, 0.5) is 11.4 Å². The molecule has 0 heterocycles. The second-order valence-corrected chi connectivity index (χ2v) is 5.72. The first kappa shape index (κ1) is 17.3. The van der Waals surface area contributed by atoms with E-state index in [-0.39, 0.29) is 5.91 Å². The van der Waals surface area contributed by atoms with Crippen molar-refractivity contribution in [2.75, 3.05) is 31.8 Å². The van der Waals surface area contributed by atoms with Crippen molar-refractivity contribution in [3.63, 3.8) is 0 Å². The third-order valence-corrected chi connectivity index (χ3v) is 3.88. The van der Waals surface area contributed by atoms with Crippen molar-refractivity contribution in [3.05, 3.63) is 18.2 Å². The molecule has 0 aliphatic carbocycles. The molecule has 0 aliphatic heterocycles. The number of nitrogens with two attached hydrogens (primary N) is 1. The Balaban J connectivity index is 2.51. The first-order chi connectivity index (χ1) is 9.85. The lowest BCUT2D eigenvalue weighted by Crippen LogP contribution is -2.35. The lowest BCUT2D eigenvalue weighted by atomic mass is 10.1. The molecule has 21 heavy (non-hydrogen) atoms. The number of methoxy groups -OCH3 is 1. The zero-order valence-corrected chi connectivity index (χ0v) is 13.6. The van der Waals surface area contributed by atoms with E-state index in [2.05, 4.69) is 31.0 Å². The number of carbonyl (C=O) groups is 1. The third-order valence-electron chi connectivity index (χ3n) is 3.88. The van der Waals surface area contributed by atoms with Gasteiger partial charge in [0.2, 0.25) is 5.91 Å².